The van der Waals surface area contributed by atoms with Crippen LogP contribution in [0.2, 0.25) is 5.02 Å². The highest BCUT2D eigenvalue weighted by molar-refractivity contribution is 6.33. The molecular weight excluding hydrogens is 295 g/mol. The lowest BCUT2D eigenvalue weighted by Crippen LogP contribution is -2.11. The third-order valence-corrected chi connectivity index (χ3v) is 2.81. The Morgan fingerprint density at radius 3 is 2.55 bits per heavy atom. The highest BCUT2D eigenvalue weighted by Crippen LogP contribution is 2.33. The highest BCUT2D eigenvalue weighted by Gasteiger charge is 2.30. The number of ether oxygens (including phenoxy) is 2. The zero-order chi connectivity index (χ0) is 15.0. The molecular formula is C13H17ClF3NO2. The molecule has 1 aromatic carbocycles. The molecule has 0 fully saturated rings. The van der Waals surface area contributed by atoms with E-state index in [0.29, 0.717) is 32.1 Å². The molecule has 0 heterocycles. The van der Waals surface area contributed by atoms with Gasteiger partial charge in [-0.05, 0) is 24.6 Å². The van der Waals surface area contributed by atoms with Crippen molar-refractivity contribution in [2.75, 3.05) is 38.8 Å². The van der Waals surface area contributed by atoms with Gasteiger partial charge in [-0.15, -0.1) is 0 Å². The van der Waals surface area contributed by atoms with Crippen LogP contribution in [0.25, 0.3) is 0 Å². The topological polar surface area (TPSA) is 30.5 Å². The summed E-state index contributed by atoms with van der Waals surface area (Å²) in [6.45, 7) is 2.13. The van der Waals surface area contributed by atoms with E-state index in [2.05, 4.69) is 5.32 Å². The second-order valence-corrected chi connectivity index (χ2v) is 4.49. The van der Waals surface area contributed by atoms with E-state index < -0.39 is 11.7 Å². The van der Waals surface area contributed by atoms with Crippen molar-refractivity contribution in [3.05, 3.63) is 28.8 Å². The summed E-state index contributed by atoms with van der Waals surface area (Å²) in [7, 11) is 1.62. The second-order valence-electron chi connectivity index (χ2n) is 4.08. The van der Waals surface area contributed by atoms with Gasteiger partial charge >= 0.3 is 6.18 Å². The first kappa shape index (κ1) is 17.1. The number of anilines is 1. The van der Waals surface area contributed by atoms with Crippen LogP contribution in [0.3, 0.4) is 0 Å². The van der Waals surface area contributed by atoms with Crippen LogP contribution in [0.1, 0.15) is 12.0 Å². The zero-order valence-electron chi connectivity index (χ0n) is 11.1. The molecule has 7 heteroatoms. The molecule has 1 aromatic rings. The monoisotopic (exact) mass is 311 g/mol. The average molecular weight is 312 g/mol. The number of benzene rings is 1. The summed E-state index contributed by atoms with van der Waals surface area (Å²) >= 11 is 5.80. The Hall–Kier alpha value is -0.980. The molecule has 0 spiro atoms. The van der Waals surface area contributed by atoms with Crippen LogP contribution in [0.15, 0.2) is 18.2 Å². The number of nitrogens with one attached hydrogen (secondary N) is 1. The van der Waals surface area contributed by atoms with Gasteiger partial charge in [-0.2, -0.15) is 13.2 Å². The quantitative estimate of drug-likeness (QED) is 0.740. The van der Waals surface area contributed by atoms with E-state index in [1.54, 1.807) is 7.11 Å². The molecule has 0 unspecified atom stereocenters. The first-order chi connectivity index (χ1) is 9.45. The molecule has 114 valence electrons. The van der Waals surface area contributed by atoms with Gasteiger partial charge in [0.1, 0.15) is 0 Å². The molecule has 0 aromatic heterocycles. The molecule has 0 atom stereocenters. The molecule has 0 aliphatic heterocycles. The van der Waals surface area contributed by atoms with Crippen LogP contribution in [-0.2, 0) is 15.7 Å². The third-order valence-electron chi connectivity index (χ3n) is 2.50. The van der Waals surface area contributed by atoms with Crippen LogP contribution in [0.4, 0.5) is 18.9 Å². The lowest BCUT2D eigenvalue weighted by atomic mass is 10.2. The molecule has 20 heavy (non-hydrogen) atoms. The second kappa shape index (κ2) is 8.34. The molecule has 0 radical (unpaired) electrons. The minimum Gasteiger partial charge on any atom is -0.385 e. The molecule has 1 N–H and O–H groups in total. The molecule has 0 bridgehead atoms. The van der Waals surface area contributed by atoms with Crippen molar-refractivity contribution in [2.45, 2.75) is 12.6 Å². The largest absolute Gasteiger partial charge is 0.416 e. The number of alkyl halides is 3. The van der Waals surface area contributed by atoms with Gasteiger partial charge in [-0.3, -0.25) is 0 Å². The van der Waals surface area contributed by atoms with Crippen molar-refractivity contribution in [3.63, 3.8) is 0 Å². The molecule has 0 amide bonds. The molecule has 1 rings (SSSR count). The average Bonchev–Trinajstić information content (AvgIpc) is 2.38. The van der Waals surface area contributed by atoms with Crippen molar-refractivity contribution in [1.82, 2.24) is 0 Å². The van der Waals surface area contributed by atoms with E-state index >= 15 is 0 Å². The summed E-state index contributed by atoms with van der Waals surface area (Å²) in [5, 5.41) is 2.97. The van der Waals surface area contributed by atoms with E-state index in [1.165, 1.54) is 6.07 Å². The van der Waals surface area contributed by atoms with E-state index in [0.717, 1.165) is 18.6 Å². The van der Waals surface area contributed by atoms with Gasteiger partial charge in [0.05, 0.1) is 22.9 Å². The van der Waals surface area contributed by atoms with Crippen molar-refractivity contribution < 1.29 is 22.6 Å². The highest BCUT2D eigenvalue weighted by atomic mass is 35.5. The van der Waals surface area contributed by atoms with Gasteiger partial charge in [-0.25, -0.2) is 0 Å². The summed E-state index contributed by atoms with van der Waals surface area (Å²) < 4.78 is 47.5. The van der Waals surface area contributed by atoms with Crippen LogP contribution >= 0.6 is 11.6 Å². The van der Waals surface area contributed by atoms with E-state index in [9.17, 15) is 13.2 Å². The van der Waals surface area contributed by atoms with Gasteiger partial charge in [0.2, 0.25) is 0 Å². The summed E-state index contributed by atoms with van der Waals surface area (Å²) in [6.07, 6.45) is -3.58. The standard InChI is InChI=1S/C13H17ClF3NO2/c1-19-6-2-7-20-8-5-18-12-4-3-10(9-11(12)14)13(15,16)17/h3-4,9,18H,2,5-8H2,1H3. The summed E-state index contributed by atoms with van der Waals surface area (Å²) in [5.74, 6) is 0. The van der Waals surface area contributed by atoms with Crippen molar-refractivity contribution >= 4 is 17.3 Å². The first-order valence-electron chi connectivity index (χ1n) is 6.12. The van der Waals surface area contributed by atoms with Gasteiger partial charge in [-0.1, -0.05) is 11.6 Å². The predicted octanol–water partition coefficient (Wildman–Crippen LogP) is 3.82. The first-order valence-corrected chi connectivity index (χ1v) is 6.50. The maximum absolute atomic E-state index is 12.4. The number of hydrogen-bond acceptors (Lipinski definition) is 3. The lowest BCUT2D eigenvalue weighted by molar-refractivity contribution is -0.137. The van der Waals surface area contributed by atoms with Crippen molar-refractivity contribution in [3.8, 4) is 0 Å². The number of halogens is 4. The molecule has 0 saturated heterocycles. The Morgan fingerprint density at radius 2 is 1.95 bits per heavy atom. The van der Waals surface area contributed by atoms with Crippen molar-refractivity contribution in [2.24, 2.45) is 0 Å². The molecule has 0 aliphatic rings. The Balaban J connectivity index is 2.34. The number of rotatable bonds is 8. The fraction of sp³-hybridized carbons (Fsp3) is 0.538. The Kier molecular flexibility index (Phi) is 7.12. The lowest BCUT2D eigenvalue weighted by Gasteiger charge is -2.12. The van der Waals surface area contributed by atoms with Crippen LogP contribution in [0, 0.1) is 0 Å². The van der Waals surface area contributed by atoms with E-state index in [4.69, 9.17) is 21.1 Å². The van der Waals surface area contributed by atoms with E-state index in [1.807, 2.05) is 0 Å². The van der Waals surface area contributed by atoms with Gasteiger partial charge in [0.15, 0.2) is 0 Å². The summed E-state index contributed by atoms with van der Waals surface area (Å²) in [6, 6.07) is 3.22. The minimum atomic E-state index is -4.38. The fourth-order valence-corrected chi connectivity index (χ4v) is 1.75. The smallest absolute Gasteiger partial charge is 0.385 e. The third kappa shape index (κ3) is 5.98. The summed E-state index contributed by atoms with van der Waals surface area (Å²) in [4.78, 5) is 0. The maximum atomic E-state index is 12.4. The molecule has 0 aliphatic carbocycles. The molecule has 3 nitrogen and oxygen atoms in total. The van der Waals surface area contributed by atoms with Gasteiger partial charge in [0.25, 0.3) is 0 Å². The minimum absolute atomic E-state index is 0.0409. The Bertz CT molecular complexity index is 413. The van der Waals surface area contributed by atoms with E-state index in [-0.39, 0.29) is 5.02 Å². The van der Waals surface area contributed by atoms with Crippen LogP contribution in [-0.4, -0.2) is 33.5 Å². The van der Waals surface area contributed by atoms with Crippen LogP contribution in [0.5, 0.6) is 0 Å². The summed E-state index contributed by atoms with van der Waals surface area (Å²) in [5.41, 5.74) is -0.302. The fourth-order valence-electron chi connectivity index (χ4n) is 1.50. The Morgan fingerprint density at radius 1 is 1.20 bits per heavy atom. The van der Waals surface area contributed by atoms with Gasteiger partial charge < -0.3 is 14.8 Å². The zero-order valence-corrected chi connectivity index (χ0v) is 11.9. The normalized spacial score (nSPS) is 11.7. The van der Waals surface area contributed by atoms with Gasteiger partial charge in [0, 0.05) is 26.9 Å². The van der Waals surface area contributed by atoms with Crippen LogP contribution < -0.4 is 5.32 Å². The SMILES string of the molecule is COCCCOCCNc1ccc(C(F)(F)F)cc1Cl. The number of hydrogen-bond donors (Lipinski definition) is 1. The predicted molar refractivity (Wildman–Crippen MR) is 72.3 cm³/mol. The molecule has 0 saturated carbocycles. The number of methoxy groups -OCH3 is 1. The van der Waals surface area contributed by atoms with Crippen molar-refractivity contribution in [1.29, 1.82) is 0 Å². The maximum Gasteiger partial charge on any atom is 0.416 e. The Labute approximate surface area is 121 Å².